The minimum absolute atomic E-state index is 0.0688. The lowest BCUT2D eigenvalue weighted by Crippen LogP contribution is -2.00. The summed E-state index contributed by atoms with van der Waals surface area (Å²) in [6, 6.07) is 5.55. The number of pyridine rings is 1. The van der Waals surface area contributed by atoms with Crippen LogP contribution < -0.4 is 0 Å². The zero-order chi connectivity index (χ0) is 15.2. The molecule has 3 heterocycles. The number of rotatable bonds is 4. The maximum atomic E-state index is 5.89. The van der Waals surface area contributed by atoms with Gasteiger partial charge in [0.1, 0.15) is 11.5 Å². The van der Waals surface area contributed by atoms with E-state index in [2.05, 4.69) is 27.0 Å². The Morgan fingerprint density at radius 1 is 1.27 bits per heavy atom. The zero-order valence-corrected chi connectivity index (χ0v) is 12.8. The van der Waals surface area contributed by atoms with E-state index in [1.54, 1.807) is 17.0 Å². The Morgan fingerprint density at radius 2 is 2.14 bits per heavy atom. The molecular weight excluding hydrogens is 302 g/mol. The van der Waals surface area contributed by atoms with Gasteiger partial charge in [-0.1, -0.05) is 24.6 Å². The summed E-state index contributed by atoms with van der Waals surface area (Å²) < 4.78 is 7.11. The van der Waals surface area contributed by atoms with Crippen LogP contribution in [0, 0.1) is 0 Å². The Hall–Kier alpha value is -2.21. The summed E-state index contributed by atoms with van der Waals surface area (Å²) in [5.41, 5.74) is 1.81. The summed E-state index contributed by atoms with van der Waals surface area (Å²) in [7, 11) is 0. The highest BCUT2D eigenvalue weighted by Crippen LogP contribution is 2.46. The van der Waals surface area contributed by atoms with Gasteiger partial charge >= 0.3 is 0 Å². The molecule has 7 heteroatoms. The molecule has 0 aliphatic heterocycles. The zero-order valence-electron chi connectivity index (χ0n) is 12.0. The van der Waals surface area contributed by atoms with Crippen LogP contribution in [0.5, 0.6) is 0 Å². The average molecular weight is 316 g/mol. The predicted octanol–water partition coefficient (Wildman–Crippen LogP) is 2.95. The van der Waals surface area contributed by atoms with Crippen LogP contribution >= 0.6 is 11.6 Å². The van der Waals surface area contributed by atoms with Gasteiger partial charge in [0.05, 0.1) is 5.69 Å². The highest BCUT2D eigenvalue weighted by molar-refractivity contribution is 6.29. The molecule has 0 radical (unpaired) electrons. The third kappa shape index (κ3) is 2.50. The first-order valence-electron chi connectivity index (χ1n) is 7.11. The van der Waals surface area contributed by atoms with Gasteiger partial charge in [0.2, 0.25) is 5.89 Å². The number of halogens is 1. The van der Waals surface area contributed by atoms with E-state index in [0.717, 1.165) is 24.2 Å². The summed E-state index contributed by atoms with van der Waals surface area (Å²) in [5, 5.41) is 4.51. The first-order valence-corrected chi connectivity index (χ1v) is 7.49. The minimum atomic E-state index is 0.0688. The van der Waals surface area contributed by atoms with E-state index in [1.165, 1.54) is 0 Å². The number of aromatic nitrogens is 5. The molecule has 1 aliphatic rings. The van der Waals surface area contributed by atoms with Crippen molar-refractivity contribution in [1.29, 1.82) is 0 Å². The van der Waals surface area contributed by atoms with Gasteiger partial charge in [-0.2, -0.15) is 4.98 Å². The summed E-state index contributed by atoms with van der Waals surface area (Å²) in [5.74, 6) is 1.22. The maximum Gasteiger partial charge on any atom is 0.275 e. The minimum Gasteiger partial charge on any atom is -0.337 e. The highest BCUT2D eigenvalue weighted by Gasteiger charge is 2.44. The van der Waals surface area contributed by atoms with E-state index < -0.39 is 0 Å². The van der Waals surface area contributed by atoms with E-state index in [9.17, 15) is 0 Å². The van der Waals surface area contributed by atoms with Gasteiger partial charge in [-0.3, -0.25) is 4.57 Å². The molecule has 0 saturated heterocycles. The number of imidazole rings is 1. The molecule has 0 aromatic carbocycles. The van der Waals surface area contributed by atoms with Crippen molar-refractivity contribution in [3.8, 4) is 5.95 Å². The standard InChI is InChI=1S/C15H14ClN5O/c1-15(5-6-15)13-19-14(20-22-13)21-8-11(17-9-21)7-10-3-2-4-12(16)18-10/h2-4,8-9H,5-7H2,1H3. The molecule has 0 atom stereocenters. The Kier molecular flexibility index (Phi) is 3.00. The van der Waals surface area contributed by atoms with Crippen molar-refractivity contribution >= 4 is 11.6 Å². The lowest BCUT2D eigenvalue weighted by Gasteiger charge is -1.98. The van der Waals surface area contributed by atoms with Gasteiger partial charge in [-0.15, -0.1) is 0 Å². The molecule has 6 nitrogen and oxygen atoms in total. The van der Waals surface area contributed by atoms with Crippen molar-refractivity contribution < 1.29 is 4.52 Å². The van der Waals surface area contributed by atoms with E-state index in [-0.39, 0.29) is 5.41 Å². The first kappa shape index (κ1) is 13.5. The fourth-order valence-electron chi connectivity index (χ4n) is 2.27. The van der Waals surface area contributed by atoms with Gasteiger partial charge < -0.3 is 4.52 Å². The van der Waals surface area contributed by atoms with Crippen LogP contribution in [0.2, 0.25) is 5.15 Å². The van der Waals surface area contributed by atoms with Gasteiger partial charge in [-0.25, -0.2) is 9.97 Å². The normalized spacial score (nSPS) is 15.9. The van der Waals surface area contributed by atoms with E-state index >= 15 is 0 Å². The Balaban J connectivity index is 1.55. The first-order chi connectivity index (χ1) is 10.6. The molecule has 22 heavy (non-hydrogen) atoms. The maximum absolute atomic E-state index is 5.89. The molecule has 1 saturated carbocycles. The van der Waals surface area contributed by atoms with Crippen LogP contribution in [0.3, 0.4) is 0 Å². The second kappa shape index (κ2) is 4.91. The lowest BCUT2D eigenvalue weighted by molar-refractivity contribution is 0.351. The number of hydrogen-bond donors (Lipinski definition) is 0. The summed E-state index contributed by atoms with van der Waals surface area (Å²) in [6.45, 7) is 2.13. The van der Waals surface area contributed by atoms with Crippen molar-refractivity contribution in [3.63, 3.8) is 0 Å². The van der Waals surface area contributed by atoms with E-state index in [4.69, 9.17) is 16.1 Å². The van der Waals surface area contributed by atoms with Crippen molar-refractivity contribution in [3.05, 3.63) is 53.2 Å². The Morgan fingerprint density at radius 3 is 2.91 bits per heavy atom. The van der Waals surface area contributed by atoms with Crippen molar-refractivity contribution in [2.24, 2.45) is 0 Å². The molecule has 0 bridgehead atoms. The molecule has 1 fully saturated rings. The number of hydrogen-bond acceptors (Lipinski definition) is 5. The highest BCUT2D eigenvalue weighted by atomic mass is 35.5. The number of nitrogens with zero attached hydrogens (tertiary/aromatic N) is 5. The predicted molar refractivity (Wildman–Crippen MR) is 80.1 cm³/mol. The summed E-state index contributed by atoms with van der Waals surface area (Å²) in [4.78, 5) is 13.1. The van der Waals surface area contributed by atoms with Gasteiger partial charge in [0.15, 0.2) is 0 Å². The van der Waals surface area contributed by atoms with Crippen LogP contribution in [0.4, 0.5) is 0 Å². The third-order valence-corrected chi connectivity index (χ3v) is 4.14. The topological polar surface area (TPSA) is 69.6 Å². The van der Waals surface area contributed by atoms with Crippen molar-refractivity contribution in [1.82, 2.24) is 24.7 Å². The molecule has 3 aromatic rings. The second-order valence-electron chi connectivity index (χ2n) is 5.86. The van der Waals surface area contributed by atoms with Gasteiger partial charge in [-0.05, 0) is 30.1 Å². The molecular formula is C15H14ClN5O. The smallest absolute Gasteiger partial charge is 0.275 e. The molecule has 1 aliphatic carbocycles. The van der Waals surface area contributed by atoms with E-state index in [1.807, 2.05) is 18.3 Å². The third-order valence-electron chi connectivity index (χ3n) is 3.93. The van der Waals surface area contributed by atoms with Crippen LogP contribution in [-0.2, 0) is 11.8 Å². The fourth-order valence-corrected chi connectivity index (χ4v) is 2.45. The monoisotopic (exact) mass is 315 g/mol. The van der Waals surface area contributed by atoms with Crippen LogP contribution in [0.15, 0.2) is 35.2 Å². The summed E-state index contributed by atoms with van der Waals surface area (Å²) >= 11 is 5.89. The molecule has 0 amide bonds. The van der Waals surface area contributed by atoms with Crippen molar-refractivity contribution in [2.45, 2.75) is 31.6 Å². The molecule has 0 N–H and O–H groups in total. The second-order valence-corrected chi connectivity index (χ2v) is 6.25. The summed E-state index contributed by atoms with van der Waals surface area (Å²) in [6.07, 6.45) is 6.38. The van der Waals surface area contributed by atoms with Crippen LogP contribution in [-0.4, -0.2) is 24.7 Å². The lowest BCUT2D eigenvalue weighted by atomic mass is 10.1. The fraction of sp³-hybridized carbons (Fsp3) is 0.333. The molecule has 4 rings (SSSR count). The molecule has 3 aromatic heterocycles. The Bertz CT molecular complexity index is 821. The largest absolute Gasteiger partial charge is 0.337 e. The Labute approximate surface area is 132 Å². The van der Waals surface area contributed by atoms with E-state index in [0.29, 0.717) is 23.4 Å². The average Bonchev–Trinajstić information content (AvgIpc) is 2.94. The SMILES string of the molecule is CC1(c2nc(-n3cnc(Cc4cccc(Cl)n4)c3)no2)CC1. The van der Waals surface area contributed by atoms with Crippen LogP contribution in [0.1, 0.15) is 37.0 Å². The molecule has 112 valence electrons. The molecule has 0 unspecified atom stereocenters. The van der Waals surface area contributed by atoms with Gasteiger partial charge in [0.25, 0.3) is 5.95 Å². The van der Waals surface area contributed by atoms with Crippen LogP contribution in [0.25, 0.3) is 5.95 Å². The van der Waals surface area contributed by atoms with Crippen molar-refractivity contribution in [2.75, 3.05) is 0 Å². The molecule has 0 spiro atoms. The quantitative estimate of drug-likeness (QED) is 0.692. The van der Waals surface area contributed by atoms with Gasteiger partial charge in [0, 0.05) is 23.7 Å².